The van der Waals surface area contributed by atoms with Crippen molar-refractivity contribution in [3.8, 4) is 0 Å². The van der Waals surface area contributed by atoms with Crippen LogP contribution < -0.4 is 11.4 Å². The predicted molar refractivity (Wildman–Crippen MR) is 30.8 cm³/mol. The number of nitrogens with one attached hydrogen (secondary N) is 1. The minimum absolute atomic E-state index is 0.138. The first kappa shape index (κ1) is 8.06. The van der Waals surface area contributed by atoms with Gasteiger partial charge in [0.25, 0.3) is 0 Å². The van der Waals surface area contributed by atoms with Crippen molar-refractivity contribution in [3.05, 3.63) is 0 Å². The monoisotopic (exact) mass is 131 g/mol. The summed E-state index contributed by atoms with van der Waals surface area (Å²) in [6.45, 7) is 0. The molecule has 5 heteroatoms. The number of carbonyl (C=O) groups excluding carboxylic acids is 2. The first-order valence-electron chi connectivity index (χ1n) is 2.38. The van der Waals surface area contributed by atoms with Crippen LogP contribution in [0, 0.1) is 0 Å². The van der Waals surface area contributed by atoms with Gasteiger partial charge in [0.15, 0.2) is 0 Å². The van der Waals surface area contributed by atoms with Crippen LogP contribution in [-0.4, -0.2) is 24.2 Å². The molecular formula is C4H9N3O2. The molecule has 0 heterocycles. The Labute approximate surface area is 52.7 Å². The van der Waals surface area contributed by atoms with Crippen LogP contribution in [0.3, 0.4) is 0 Å². The molecular weight excluding hydrogens is 122 g/mol. The molecule has 0 aliphatic rings. The lowest BCUT2D eigenvalue weighted by molar-refractivity contribution is -0.134. The van der Waals surface area contributed by atoms with Gasteiger partial charge in [0.1, 0.15) is 6.29 Å². The van der Waals surface area contributed by atoms with Gasteiger partial charge in [0.2, 0.25) is 5.91 Å². The van der Waals surface area contributed by atoms with E-state index in [0.717, 1.165) is 5.01 Å². The van der Waals surface area contributed by atoms with Crippen molar-refractivity contribution in [2.45, 2.75) is 6.42 Å². The van der Waals surface area contributed by atoms with Crippen LogP contribution in [0.25, 0.3) is 0 Å². The van der Waals surface area contributed by atoms with E-state index in [1.807, 2.05) is 0 Å². The Bertz CT molecular complexity index is 114. The zero-order valence-electron chi connectivity index (χ0n) is 5.13. The second-order valence-corrected chi connectivity index (χ2v) is 1.45. The molecule has 0 spiro atoms. The summed E-state index contributed by atoms with van der Waals surface area (Å²) < 4.78 is 0. The smallest absolute Gasteiger partial charge is 0.244 e. The minimum Gasteiger partial charge on any atom is -0.303 e. The third kappa shape index (κ3) is 2.78. The molecule has 1 amide bonds. The summed E-state index contributed by atoms with van der Waals surface area (Å²) in [5.41, 5.74) is 2.07. The summed E-state index contributed by atoms with van der Waals surface area (Å²) in [7, 11) is 1.44. The molecule has 0 aliphatic heterocycles. The predicted octanol–water partition coefficient (Wildman–Crippen LogP) is -1.59. The topological polar surface area (TPSA) is 75.4 Å². The van der Waals surface area contributed by atoms with Crippen LogP contribution in [0.15, 0.2) is 0 Å². The maximum absolute atomic E-state index is 10.5. The Morgan fingerprint density at radius 1 is 1.89 bits per heavy atom. The van der Waals surface area contributed by atoms with Crippen molar-refractivity contribution in [3.63, 3.8) is 0 Å². The first-order chi connectivity index (χ1) is 4.22. The third-order valence-electron chi connectivity index (χ3n) is 0.826. The molecule has 9 heavy (non-hydrogen) atoms. The van der Waals surface area contributed by atoms with Crippen molar-refractivity contribution >= 4 is 12.2 Å². The standard InChI is InChI=1S/C4H9N3O2/c1-7(6-5)4(9)2-3-8/h3,6H,2,5H2,1H3. The molecule has 0 aromatic heterocycles. The summed E-state index contributed by atoms with van der Waals surface area (Å²) in [5.74, 6) is 4.49. The van der Waals surface area contributed by atoms with E-state index in [0.29, 0.717) is 6.29 Å². The van der Waals surface area contributed by atoms with Crippen molar-refractivity contribution in [1.29, 1.82) is 0 Å². The van der Waals surface area contributed by atoms with Gasteiger partial charge in [-0.05, 0) is 0 Å². The van der Waals surface area contributed by atoms with Crippen LogP contribution in [-0.2, 0) is 9.59 Å². The number of aldehydes is 1. The van der Waals surface area contributed by atoms with Crippen molar-refractivity contribution in [2.24, 2.45) is 5.84 Å². The van der Waals surface area contributed by atoms with Crippen LogP contribution in [0.4, 0.5) is 0 Å². The Morgan fingerprint density at radius 2 is 2.44 bits per heavy atom. The highest BCUT2D eigenvalue weighted by atomic mass is 16.2. The molecule has 5 nitrogen and oxygen atoms in total. The fourth-order valence-corrected chi connectivity index (χ4v) is 0.280. The highest BCUT2D eigenvalue weighted by Gasteiger charge is 2.03. The molecule has 0 saturated heterocycles. The van der Waals surface area contributed by atoms with Gasteiger partial charge < -0.3 is 4.79 Å². The molecule has 0 rings (SSSR count). The third-order valence-corrected chi connectivity index (χ3v) is 0.826. The average molecular weight is 131 g/mol. The average Bonchev–Trinajstić information content (AvgIpc) is 1.87. The Kier molecular flexibility index (Phi) is 3.57. The van der Waals surface area contributed by atoms with E-state index in [9.17, 15) is 9.59 Å². The summed E-state index contributed by atoms with van der Waals surface area (Å²) >= 11 is 0. The fourth-order valence-electron chi connectivity index (χ4n) is 0.280. The number of hydrogen-bond donors (Lipinski definition) is 2. The number of rotatable bonds is 3. The second kappa shape index (κ2) is 3.99. The van der Waals surface area contributed by atoms with E-state index < -0.39 is 0 Å². The zero-order valence-corrected chi connectivity index (χ0v) is 5.13. The molecule has 0 aromatic carbocycles. The van der Waals surface area contributed by atoms with Crippen molar-refractivity contribution < 1.29 is 9.59 Å². The Hall–Kier alpha value is -0.940. The molecule has 0 fully saturated rings. The molecule has 0 aromatic rings. The number of nitrogens with two attached hydrogens (primary N) is 1. The lowest BCUT2D eigenvalue weighted by atomic mass is 10.4. The van der Waals surface area contributed by atoms with Gasteiger partial charge in [0.05, 0.1) is 6.42 Å². The number of carbonyl (C=O) groups is 2. The van der Waals surface area contributed by atoms with Gasteiger partial charge >= 0.3 is 0 Å². The largest absolute Gasteiger partial charge is 0.303 e. The van der Waals surface area contributed by atoms with Crippen LogP contribution >= 0.6 is 0 Å². The molecule has 0 saturated carbocycles. The van der Waals surface area contributed by atoms with Crippen molar-refractivity contribution in [2.75, 3.05) is 7.05 Å². The molecule has 0 bridgehead atoms. The van der Waals surface area contributed by atoms with E-state index in [-0.39, 0.29) is 12.3 Å². The van der Waals surface area contributed by atoms with E-state index in [1.54, 1.807) is 0 Å². The van der Waals surface area contributed by atoms with Gasteiger partial charge in [-0.25, -0.2) is 0 Å². The van der Waals surface area contributed by atoms with Gasteiger partial charge in [-0.1, -0.05) is 0 Å². The van der Waals surface area contributed by atoms with E-state index in [2.05, 4.69) is 5.53 Å². The van der Waals surface area contributed by atoms with Crippen LogP contribution in [0.2, 0.25) is 0 Å². The number of hydrogen-bond acceptors (Lipinski definition) is 4. The highest BCUT2D eigenvalue weighted by Crippen LogP contribution is 1.79. The highest BCUT2D eigenvalue weighted by molar-refractivity contribution is 5.87. The normalized spacial score (nSPS) is 8.67. The maximum Gasteiger partial charge on any atom is 0.244 e. The van der Waals surface area contributed by atoms with Gasteiger partial charge in [0, 0.05) is 7.05 Å². The van der Waals surface area contributed by atoms with E-state index in [1.165, 1.54) is 7.05 Å². The Balaban J connectivity index is 3.58. The fraction of sp³-hybridized carbons (Fsp3) is 0.500. The SMILES string of the molecule is CN(NN)C(=O)CC=O. The van der Waals surface area contributed by atoms with Crippen LogP contribution in [0.5, 0.6) is 0 Å². The summed E-state index contributed by atoms with van der Waals surface area (Å²) in [5, 5.41) is 1.04. The lowest BCUT2D eigenvalue weighted by Gasteiger charge is -2.11. The lowest BCUT2D eigenvalue weighted by Crippen LogP contribution is -2.43. The van der Waals surface area contributed by atoms with Gasteiger partial charge in [-0.3, -0.25) is 15.6 Å². The maximum atomic E-state index is 10.5. The number of nitrogens with zero attached hydrogens (tertiary/aromatic N) is 1. The summed E-state index contributed by atoms with van der Waals surface area (Å²) in [6.07, 6.45) is 0.386. The van der Waals surface area contributed by atoms with Crippen LogP contribution in [0.1, 0.15) is 6.42 Å². The number of amides is 1. The van der Waals surface area contributed by atoms with E-state index in [4.69, 9.17) is 5.84 Å². The molecule has 0 atom stereocenters. The van der Waals surface area contributed by atoms with E-state index >= 15 is 0 Å². The molecule has 0 aliphatic carbocycles. The van der Waals surface area contributed by atoms with Gasteiger partial charge in [-0.2, -0.15) is 5.53 Å². The number of hydrazine groups is 2. The minimum atomic E-state index is -0.354. The summed E-state index contributed by atoms with van der Waals surface area (Å²) in [6, 6.07) is 0. The molecule has 3 N–H and O–H groups in total. The quantitative estimate of drug-likeness (QED) is 0.209. The van der Waals surface area contributed by atoms with Gasteiger partial charge in [-0.15, -0.1) is 0 Å². The summed E-state index contributed by atoms with van der Waals surface area (Å²) in [4.78, 5) is 20.2. The molecule has 0 unspecified atom stereocenters. The molecule has 52 valence electrons. The zero-order chi connectivity index (χ0) is 7.28. The van der Waals surface area contributed by atoms with Crippen molar-refractivity contribution in [1.82, 2.24) is 10.5 Å². The Morgan fingerprint density at radius 3 is 2.78 bits per heavy atom. The second-order valence-electron chi connectivity index (χ2n) is 1.45. The molecule has 0 radical (unpaired) electrons. The first-order valence-corrected chi connectivity index (χ1v) is 2.38.